The lowest BCUT2D eigenvalue weighted by atomic mass is 10.1. The van der Waals surface area contributed by atoms with Gasteiger partial charge in [0.25, 0.3) is 0 Å². The van der Waals surface area contributed by atoms with Crippen molar-refractivity contribution in [1.29, 1.82) is 0 Å². The summed E-state index contributed by atoms with van der Waals surface area (Å²) in [4.78, 5) is 0. The smallest absolute Gasteiger partial charge is 0.0340 e. The molecule has 70 valence electrons. The van der Waals surface area contributed by atoms with Gasteiger partial charge >= 0.3 is 0 Å². The van der Waals surface area contributed by atoms with Crippen LogP contribution in [0.1, 0.15) is 26.3 Å². The zero-order chi connectivity index (χ0) is 9.68. The van der Waals surface area contributed by atoms with Crippen LogP contribution in [0.25, 0.3) is 5.57 Å². The summed E-state index contributed by atoms with van der Waals surface area (Å²) in [6, 6.07) is 8.53. The Morgan fingerprint density at radius 3 is 2.38 bits per heavy atom. The monoisotopic (exact) mass is 175 g/mol. The highest BCUT2D eigenvalue weighted by Gasteiger charge is 1.93. The Hall–Kier alpha value is -1.24. The van der Waals surface area contributed by atoms with Gasteiger partial charge < -0.3 is 5.32 Å². The summed E-state index contributed by atoms with van der Waals surface area (Å²) in [7, 11) is 0. The number of rotatable bonds is 3. The van der Waals surface area contributed by atoms with Crippen LogP contribution in [-0.4, -0.2) is 6.54 Å². The van der Waals surface area contributed by atoms with Crippen molar-refractivity contribution in [3.05, 3.63) is 35.9 Å². The minimum absolute atomic E-state index is 0.974. The first-order chi connectivity index (χ1) is 6.27. The second-order valence-corrected chi connectivity index (χ2v) is 3.08. The van der Waals surface area contributed by atoms with Gasteiger partial charge in [0, 0.05) is 12.2 Å². The Labute approximate surface area is 80.5 Å². The number of hydrogen-bond donors (Lipinski definition) is 1. The molecule has 0 heterocycles. The average Bonchev–Trinajstić information content (AvgIpc) is 2.18. The molecule has 0 saturated carbocycles. The van der Waals surface area contributed by atoms with E-state index in [4.69, 9.17) is 0 Å². The molecule has 0 unspecified atom stereocenters. The van der Waals surface area contributed by atoms with Crippen LogP contribution in [-0.2, 0) is 0 Å². The van der Waals surface area contributed by atoms with Crippen molar-refractivity contribution in [3.8, 4) is 0 Å². The van der Waals surface area contributed by atoms with Crippen LogP contribution in [0.15, 0.2) is 30.3 Å². The molecule has 0 bridgehead atoms. The van der Waals surface area contributed by atoms with Crippen LogP contribution in [0.2, 0.25) is 0 Å². The molecule has 0 aliphatic rings. The van der Waals surface area contributed by atoms with Gasteiger partial charge in [0.2, 0.25) is 0 Å². The Kier molecular flexibility index (Phi) is 3.56. The van der Waals surface area contributed by atoms with Gasteiger partial charge in [-0.1, -0.05) is 18.2 Å². The van der Waals surface area contributed by atoms with Crippen molar-refractivity contribution in [2.75, 3.05) is 11.9 Å². The van der Waals surface area contributed by atoms with E-state index in [1.165, 1.54) is 16.8 Å². The molecule has 0 aliphatic heterocycles. The Balaban J connectivity index is 2.81. The van der Waals surface area contributed by atoms with E-state index < -0.39 is 0 Å². The third kappa shape index (κ3) is 2.62. The molecule has 1 rings (SSSR count). The third-order valence-electron chi connectivity index (χ3n) is 2.15. The predicted octanol–water partition coefficient (Wildman–Crippen LogP) is 3.54. The first-order valence-electron chi connectivity index (χ1n) is 4.75. The van der Waals surface area contributed by atoms with E-state index in [9.17, 15) is 0 Å². The summed E-state index contributed by atoms with van der Waals surface area (Å²) < 4.78 is 0. The van der Waals surface area contributed by atoms with Crippen LogP contribution >= 0.6 is 0 Å². The van der Waals surface area contributed by atoms with Crippen LogP contribution in [0.3, 0.4) is 0 Å². The topological polar surface area (TPSA) is 12.0 Å². The molecule has 0 atom stereocenters. The molecule has 1 heteroatoms. The molecule has 1 nitrogen and oxygen atoms in total. The number of anilines is 1. The maximum Gasteiger partial charge on any atom is 0.0340 e. The molecule has 0 radical (unpaired) electrons. The quantitative estimate of drug-likeness (QED) is 0.741. The van der Waals surface area contributed by atoms with Crippen molar-refractivity contribution in [2.24, 2.45) is 0 Å². The number of benzene rings is 1. The molecule has 1 aromatic rings. The molecule has 13 heavy (non-hydrogen) atoms. The number of nitrogens with one attached hydrogen (secondary N) is 1. The highest BCUT2D eigenvalue weighted by molar-refractivity contribution is 5.65. The maximum atomic E-state index is 3.27. The van der Waals surface area contributed by atoms with Crippen molar-refractivity contribution in [3.63, 3.8) is 0 Å². The van der Waals surface area contributed by atoms with Crippen LogP contribution in [0.4, 0.5) is 5.69 Å². The van der Waals surface area contributed by atoms with Crippen LogP contribution in [0, 0.1) is 0 Å². The predicted molar refractivity (Wildman–Crippen MR) is 59.9 cm³/mol. The van der Waals surface area contributed by atoms with E-state index in [2.05, 4.69) is 56.4 Å². The first-order valence-corrected chi connectivity index (χ1v) is 4.75. The molecule has 0 aliphatic carbocycles. The van der Waals surface area contributed by atoms with E-state index in [1.807, 2.05) is 0 Å². The average molecular weight is 175 g/mol. The lowest BCUT2D eigenvalue weighted by Crippen LogP contribution is -1.95. The summed E-state index contributed by atoms with van der Waals surface area (Å²) in [5, 5.41) is 3.27. The van der Waals surface area contributed by atoms with Crippen LogP contribution in [0.5, 0.6) is 0 Å². The standard InChI is InChI=1S/C12H17N/c1-4-10(3)11-6-8-12(9-7-11)13-5-2/h4,6-9,13H,5H2,1-3H3/b10-4+. The second kappa shape index (κ2) is 4.70. The van der Waals surface area contributed by atoms with Gasteiger partial charge in [-0.15, -0.1) is 0 Å². The molecule has 0 spiro atoms. The molecular formula is C12H17N. The molecule has 1 N–H and O–H groups in total. The van der Waals surface area contributed by atoms with E-state index in [0.29, 0.717) is 0 Å². The van der Waals surface area contributed by atoms with E-state index in [0.717, 1.165) is 6.54 Å². The number of hydrogen-bond acceptors (Lipinski definition) is 1. The molecule has 0 aromatic heterocycles. The van der Waals surface area contributed by atoms with E-state index >= 15 is 0 Å². The second-order valence-electron chi connectivity index (χ2n) is 3.08. The fourth-order valence-corrected chi connectivity index (χ4v) is 1.22. The first kappa shape index (κ1) is 9.85. The summed E-state index contributed by atoms with van der Waals surface area (Å²) in [6.45, 7) is 7.27. The van der Waals surface area contributed by atoms with Gasteiger partial charge in [0.05, 0.1) is 0 Å². The zero-order valence-electron chi connectivity index (χ0n) is 8.59. The highest BCUT2D eigenvalue weighted by atomic mass is 14.8. The van der Waals surface area contributed by atoms with Crippen LogP contribution < -0.4 is 5.32 Å². The van der Waals surface area contributed by atoms with Crippen molar-refractivity contribution in [2.45, 2.75) is 20.8 Å². The molecule has 1 aromatic carbocycles. The minimum Gasteiger partial charge on any atom is -0.385 e. The van der Waals surface area contributed by atoms with Crippen molar-refractivity contribution in [1.82, 2.24) is 0 Å². The summed E-state index contributed by atoms with van der Waals surface area (Å²) in [5.74, 6) is 0. The fourth-order valence-electron chi connectivity index (χ4n) is 1.22. The Morgan fingerprint density at radius 1 is 1.31 bits per heavy atom. The molecule has 0 saturated heterocycles. The third-order valence-corrected chi connectivity index (χ3v) is 2.15. The Morgan fingerprint density at radius 2 is 1.92 bits per heavy atom. The van der Waals surface area contributed by atoms with E-state index in [1.54, 1.807) is 0 Å². The SMILES string of the molecule is C/C=C(\C)c1ccc(NCC)cc1. The van der Waals surface area contributed by atoms with Gasteiger partial charge in [0.1, 0.15) is 0 Å². The lowest BCUT2D eigenvalue weighted by Gasteiger charge is -2.04. The largest absolute Gasteiger partial charge is 0.385 e. The van der Waals surface area contributed by atoms with Gasteiger partial charge in [-0.25, -0.2) is 0 Å². The van der Waals surface area contributed by atoms with E-state index in [-0.39, 0.29) is 0 Å². The molecular weight excluding hydrogens is 158 g/mol. The summed E-state index contributed by atoms with van der Waals surface area (Å²) >= 11 is 0. The minimum atomic E-state index is 0.974. The summed E-state index contributed by atoms with van der Waals surface area (Å²) in [6.07, 6.45) is 2.13. The van der Waals surface area contributed by atoms with Gasteiger partial charge in [-0.05, 0) is 44.0 Å². The van der Waals surface area contributed by atoms with Gasteiger partial charge in [-0.3, -0.25) is 0 Å². The zero-order valence-corrected chi connectivity index (χ0v) is 8.59. The Bertz CT molecular complexity index is 282. The summed E-state index contributed by atoms with van der Waals surface area (Å²) in [5.41, 5.74) is 3.81. The van der Waals surface area contributed by atoms with Gasteiger partial charge in [0.15, 0.2) is 0 Å². The number of allylic oxidation sites excluding steroid dienone is 2. The van der Waals surface area contributed by atoms with Crippen molar-refractivity contribution < 1.29 is 0 Å². The van der Waals surface area contributed by atoms with Gasteiger partial charge in [-0.2, -0.15) is 0 Å². The fraction of sp³-hybridized carbons (Fsp3) is 0.333. The normalized spacial score (nSPS) is 11.5. The van der Waals surface area contributed by atoms with Crippen molar-refractivity contribution >= 4 is 11.3 Å². The molecule has 0 amide bonds. The lowest BCUT2D eigenvalue weighted by molar-refractivity contribution is 1.21. The highest BCUT2D eigenvalue weighted by Crippen LogP contribution is 2.16. The maximum absolute atomic E-state index is 3.27. The molecule has 0 fully saturated rings.